The zero-order valence-electron chi connectivity index (χ0n) is 11.1. The number of nitrogens with one attached hydrogen (secondary N) is 1. The Labute approximate surface area is 120 Å². The maximum Gasteiger partial charge on any atom is 0.159 e. The summed E-state index contributed by atoms with van der Waals surface area (Å²) < 4.78 is 26.0. The molecule has 0 bridgehead atoms. The van der Waals surface area contributed by atoms with Gasteiger partial charge in [-0.1, -0.05) is 6.07 Å². The van der Waals surface area contributed by atoms with Gasteiger partial charge in [-0.05, 0) is 48.0 Å². The maximum atomic E-state index is 13.1. The summed E-state index contributed by atoms with van der Waals surface area (Å²) in [6.45, 7) is 0.366. The Morgan fingerprint density at radius 3 is 2.62 bits per heavy atom. The van der Waals surface area contributed by atoms with Crippen molar-refractivity contribution in [2.24, 2.45) is 0 Å². The molecular formula is C16H13F2N3. The number of rotatable bonds is 3. The van der Waals surface area contributed by atoms with Gasteiger partial charge < -0.3 is 11.1 Å². The van der Waals surface area contributed by atoms with Crippen molar-refractivity contribution in [3.8, 4) is 0 Å². The van der Waals surface area contributed by atoms with Gasteiger partial charge in [0.05, 0.1) is 5.52 Å². The molecule has 0 atom stereocenters. The lowest BCUT2D eigenvalue weighted by Crippen LogP contribution is -2.02. The zero-order chi connectivity index (χ0) is 14.8. The topological polar surface area (TPSA) is 50.9 Å². The van der Waals surface area contributed by atoms with Crippen molar-refractivity contribution in [3.05, 3.63) is 65.7 Å². The van der Waals surface area contributed by atoms with E-state index in [0.29, 0.717) is 23.6 Å². The summed E-state index contributed by atoms with van der Waals surface area (Å²) in [6.07, 6.45) is 0. The summed E-state index contributed by atoms with van der Waals surface area (Å²) in [5, 5.41) is 4.04. The van der Waals surface area contributed by atoms with E-state index in [2.05, 4.69) is 10.3 Å². The Morgan fingerprint density at radius 1 is 0.952 bits per heavy atom. The molecule has 0 unspecified atom stereocenters. The summed E-state index contributed by atoms with van der Waals surface area (Å²) in [7, 11) is 0. The quantitative estimate of drug-likeness (QED) is 0.721. The highest BCUT2D eigenvalue weighted by Crippen LogP contribution is 2.18. The van der Waals surface area contributed by atoms with Crippen LogP contribution < -0.4 is 11.1 Å². The Balaban J connectivity index is 1.78. The predicted molar refractivity (Wildman–Crippen MR) is 79.8 cm³/mol. The molecule has 2 aromatic carbocycles. The maximum absolute atomic E-state index is 13.1. The monoisotopic (exact) mass is 285 g/mol. The van der Waals surface area contributed by atoms with Crippen molar-refractivity contribution in [1.82, 2.24) is 4.98 Å². The molecule has 106 valence electrons. The van der Waals surface area contributed by atoms with Gasteiger partial charge in [-0.15, -0.1) is 0 Å². The number of aromatic nitrogens is 1. The van der Waals surface area contributed by atoms with Crippen LogP contribution in [0.25, 0.3) is 10.9 Å². The minimum atomic E-state index is -0.851. The van der Waals surface area contributed by atoms with E-state index in [-0.39, 0.29) is 0 Å². The largest absolute Gasteiger partial charge is 0.399 e. The van der Waals surface area contributed by atoms with Crippen molar-refractivity contribution < 1.29 is 8.78 Å². The lowest BCUT2D eigenvalue weighted by Gasteiger charge is -2.07. The fraction of sp³-hybridized carbons (Fsp3) is 0.0625. The summed E-state index contributed by atoms with van der Waals surface area (Å²) in [5.41, 5.74) is 7.87. The van der Waals surface area contributed by atoms with Gasteiger partial charge in [0.15, 0.2) is 11.6 Å². The van der Waals surface area contributed by atoms with Crippen LogP contribution in [0.2, 0.25) is 0 Å². The van der Waals surface area contributed by atoms with Gasteiger partial charge in [-0.2, -0.15) is 0 Å². The van der Waals surface area contributed by atoms with E-state index in [1.165, 1.54) is 12.1 Å². The first-order chi connectivity index (χ1) is 10.1. The first kappa shape index (κ1) is 13.3. The normalized spacial score (nSPS) is 10.8. The van der Waals surface area contributed by atoms with Crippen molar-refractivity contribution in [1.29, 1.82) is 0 Å². The highest BCUT2D eigenvalue weighted by Gasteiger charge is 2.03. The summed E-state index contributed by atoms with van der Waals surface area (Å²) in [4.78, 5) is 4.44. The molecule has 0 radical (unpaired) electrons. The fourth-order valence-electron chi connectivity index (χ4n) is 2.08. The molecule has 0 aliphatic rings. The van der Waals surface area contributed by atoms with Crippen molar-refractivity contribution in [2.45, 2.75) is 6.54 Å². The molecule has 5 heteroatoms. The smallest absolute Gasteiger partial charge is 0.159 e. The second kappa shape index (κ2) is 5.36. The molecule has 0 saturated carbocycles. The molecule has 21 heavy (non-hydrogen) atoms. The van der Waals surface area contributed by atoms with Crippen LogP contribution in [0.15, 0.2) is 48.5 Å². The molecule has 3 nitrogen and oxygen atoms in total. The third-order valence-corrected chi connectivity index (χ3v) is 3.17. The van der Waals surface area contributed by atoms with E-state index in [1.807, 2.05) is 24.3 Å². The van der Waals surface area contributed by atoms with E-state index in [9.17, 15) is 8.78 Å². The van der Waals surface area contributed by atoms with Crippen LogP contribution in [-0.2, 0) is 6.54 Å². The average molecular weight is 285 g/mol. The summed E-state index contributed by atoms with van der Waals surface area (Å²) in [5.74, 6) is -1.03. The first-order valence-corrected chi connectivity index (χ1v) is 6.46. The molecule has 1 heterocycles. The van der Waals surface area contributed by atoms with Crippen LogP contribution in [0.4, 0.5) is 20.3 Å². The zero-order valence-corrected chi connectivity index (χ0v) is 11.1. The molecule has 0 aliphatic heterocycles. The van der Waals surface area contributed by atoms with E-state index >= 15 is 0 Å². The molecule has 3 aromatic rings. The lowest BCUT2D eigenvalue weighted by molar-refractivity contribution is 0.507. The number of hydrogen-bond acceptors (Lipinski definition) is 3. The van der Waals surface area contributed by atoms with Gasteiger partial charge in [0.25, 0.3) is 0 Å². The van der Waals surface area contributed by atoms with Crippen LogP contribution in [0.1, 0.15) is 5.56 Å². The number of nitrogens with two attached hydrogens (primary N) is 1. The molecule has 3 rings (SSSR count). The van der Waals surface area contributed by atoms with Crippen LogP contribution in [-0.4, -0.2) is 4.98 Å². The van der Waals surface area contributed by atoms with Crippen molar-refractivity contribution in [3.63, 3.8) is 0 Å². The SMILES string of the molecule is Nc1ccc2nc(NCc3ccc(F)c(F)c3)ccc2c1. The lowest BCUT2D eigenvalue weighted by atomic mass is 10.2. The summed E-state index contributed by atoms with van der Waals surface area (Å²) >= 11 is 0. The van der Waals surface area contributed by atoms with E-state index in [4.69, 9.17) is 5.73 Å². The van der Waals surface area contributed by atoms with Gasteiger partial charge in [-0.25, -0.2) is 13.8 Å². The van der Waals surface area contributed by atoms with E-state index < -0.39 is 11.6 Å². The van der Waals surface area contributed by atoms with Crippen molar-refractivity contribution in [2.75, 3.05) is 11.1 Å². The number of benzene rings is 2. The molecular weight excluding hydrogens is 272 g/mol. The van der Waals surface area contributed by atoms with E-state index in [1.54, 1.807) is 6.07 Å². The van der Waals surface area contributed by atoms with E-state index in [0.717, 1.165) is 17.0 Å². The van der Waals surface area contributed by atoms with Gasteiger partial charge >= 0.3 is 0 Å². The molecule has 1 aromatic heterocycles. The highest BCUT2D eigenvalue weighted by atomic mass is 19.2. The van der Waals surface area contributed by atoms with Crippen LogP contribution in [0.3, 0.4) is 0 Å². The summed E-state index contributed by atoms with van der Waals surface area (Å²) in [6, 6.07) is 13.0. The van der Waals surface area contributed by atoms with Gasteiger partial charge in [0.2, 0.25) is 0 Å². The number of nitrogen functional groups attached to an aromatic ring is 1. The van der Waals surface area contributed by atoms with Gasteiger partial charge in [-0.3, -0.25) is 0 Å². The minimum absolute atomic E-state index is 0.366. The molecule has 0 saturated heterocycles. The second-order valence-electron chi connectivity index (χ2n) is 4.75. The predicted octanol–water partition coefficient (Wildman–Crippen LogP) is 3.71. The number of hydrogen-bond donors (Lipinski definition) is 2. The van der Waals surface area contributed by atoms with Crippen molar-refractivity contribution >= 4 is 22.4 Å². The minimum Gasteiger partial charge on any atom is -0.399 e. The molecule has 0 fully saturated rings. The first-order valence-electron chi connectivity index (χ1n) is 6.46. The third-order valence-electron chi connectivity index (χ3n) is 3.17. The Bertz CT molecular complexity index is 803. The highest BCUT2D eigenvalue weighted by molar-refractivity contribution is 5.83. The number of fused-ring (bicyclic) bond motifs is 1. The molecule has 0 amide bonds. The van der Waals surface area contributed by atoms with Crippen LogP contribution in [0.5, 0.6) is 0 Å². The number of nitrogens with zero attached hydrogens (tertiary/aromatic N) is 1. The molecule has 0 aliphatic carbocycles. The molecule has 3 N–H and O–H groups in total. The Hall–Kier alpha value is -2.69. The standard InChI is InChI=1S/C16H13F2N3/c17-13-4-1-10(7-14(13)18)9-20-16-6-2-11-8-12(19)3-5-15(11)21-16/h1-8H,9,19H2,(H,20,21). The Kier molecular flexibility index (Phi) is 3.39. The average Bonchev–Trinajstić information content (AvgIpc) is 2.48. The number of halogens is 2. The number of pyridine rings is 1. The Morgan fingerprint density at radius 2 is 1.81 bits per heavy atom. The fourth-order valence-corrected chi connectivity index (χ4v) is 2.08. The molecule has 0 spiro atoms. The van der Waals surface area contributed by atoms with Crippen LogP contribution >= 0.6 is 0 Å². The second-order valence-corrected chi connectivity index (χ2v) is 4.75. The van der Waals surface area contributed by atoms with Crippen LogP contribution in [0, 0.1) is 11.6 Å². The van der Waals surface area contributed by atoms with Gasteiger partial charge in [0, 0.05) is 17.6 Å². The number of anilines is 2. The van der Waals surface area contributed by atoms with Gasteiger partial charge in [0.1, 0.15) is 5.82 Å². The third kappa shape index (κ3) is 2.91.